The van der Waals surface area contributed by atoms with Crippen LogP contribution in [0.25, 0.3) is 5.65 Å². The predicted molar refractivity (Wildman–Crippen MR) is 117 cm³/mol. The van der Waals surface area contributed by atoms with Crippen LogP contribution in [0.4, 0.5) is 5.69 Å². The molecule has 0 saturated heterocycles. The number of carbonyl (C=O) groups excluding carboxylic acids is 1. The largest absolute Gasteiger partial charge is 0.496 e. The van der Waals surface area contributed by atoms with E-state index in [0.29, 0.717) is 34.2 Å². The van der Waals surface area contributed by atoms with Crippen molar-refractivity contribution in [2.75, 3.05) is 12.4 Å². The van der Waals surface area contributed by atoms with Crippen LogP contribution in [0.5, 0.6) is 0 Å². The first-order valence-electron chi connectivity index (χ1n) is 10.3. The maximum Gasteiger partial charge on any atom is 0.259 e. The molecule has 0 bridgehead atoms. The van der Waals surface area contributed by atoms with E-state index in [1.807, 2.05) is 0 Å². The summed E-state index contributed by atoms with van der Waals surface area (Å²) >= 11 is 0. The SMILES string of the molecule is COC1=CC(=N)/C(=C\N[C@H]2CCC(O)CC2C)C=C1C(=O)Nc1cnn2cccnc12. The topological polar surface area (TPSA) is 125 Å². The van der Waals surface area contributed by atoms with Gasteiger partial charge in [-0.1, -0.05) is 6.92 Å². The van der Waals surface area contributed by atoms with Gasteiger partial charge in [0.05, 0.1) is 30.7 Å². The molecule has 1 amide bonds. The first-order valence-corrected chi connectivity index (χ1v) is 10.3. The first-order chi connectivity index (χ1) is 15.0. The summed E-state index contributed by atoms with van der Waals surface area (Å²) < 4.78 is 6.93. The van der Waals surface area contributed by atoms with Crippen molar-refractivity contribution in [1.82, 2.24) is 19.9 Å². The number of allylic oxidation sites excluding steroid dienone is 3. The number of rotatable bonds is 5. The van der Waals surface area contributed by atoms with E-state index >= 15 is 0 Å². The second-order valence-electron chi connectivity index (χ2n) is 7.90. The normalized spacial score (nSPS) is 25.2. The molecule has 0 aliphatic heterocycles. The predicted octanol–water partition coefficient (Wildman–Crippen LogP) is 2.18. The molecular formula is C22H26N6O3. The van der Waals surface area contributed by atoms with Gasteiger partial charge in [0.15, 0.2) is 5.65 Å². The average Bonchev–Trinajstić information content (AvgIpc) is 3.16. The molecule has 2 heterocycles. The van der Waals surface area contributed by atoms with Crippen LogP contribution in [-0.2, 0) is 9.53 Å². The zero-order valence-corrected chi connectivity index (χ0v) is 17.5. The summed E-state index contributed by atoms with van der Waals surface area (Å²) in [5.41, 5.74) is 2.17. The van der Waals surface area contributed by atoms with Crippen molar-refractivity contribution >= 4 is 23.0 Å². The van der Waals surface area contributed by atoms with Crippen LogP contribution in [-0.4, -0.2) is 50.6 Å². The molecule has 2 unspecified atom stereocenters. The lowest BCUT2D eigenvalue weighted by molar-refractivity contribution is -0.112. The summed E-state index contributed by atoms with van der Waals surface area (Å²) in [6.45, 7) is 2.10. The molecule has 2 aliphatic carbocycles. The van der Waals surface area contributed by atoms with Gasteiger partial charge in [-0.15, -0.1) is 0 Å². The van der Waals surface area contributed by atoms with Crippen LogP contribution in [0.15, 0.2) is 59.9 Å². The molecule has 2 aliphatic rings. The van der Waals surface area contributed by atoms with E-state index in [2.05, 4.69) is 27.6 Å². The maximum atomic E-state index is 13.0. The number of aliphatic hydroxyl groups is 1. The van der Waals surface area contributed by atoms with Crippen molar-refractivity contribution in [3.63, 3.8) is 0 Å². The minimum Gasteiger partial charge on any atom is -0.496 e. The number of methoxy groups -OCH3 is 1. The van der Waals surface area contributed by atoms with Crippen molar-refractivity contribution in [3.8, 4) is 0 Å². The monoisotopic (exact) mass is 422 g/mol. The molecule has 4 N–H and O–H groups in total. The van der Waals surface area contributed by atoms with Gasteiger partial charge >= 0.3 is 0 Å². The highest BCUT2D eigenvalue weighted by Crippen LogP contribution is 2.26. The molecule has 3 atom stereocenters. The van der Waals surface area contributed by atoms with Gasteiger partial charge in [0.1, 0.15) is 11.4 Å². The fourth-order valence-corrected chi connectivity index (χ4v) is 3.98. The molecule has 2 aromatic rings. The van der Waals surface area contributed by atoms with Gasteiger partial charge in [0, 0.05) is 36.3 Å². The lowest BCUT2D eigenvalue weighted by atomic mass is 9.84. The van der Waals surface area contributed by atoms with Crippen LogP contribution < -0.4 is 10.6 Å². The molecule has 0 radical (unpaired) electrons. The Kier molecular flexibility index (Phi) is 5.85. The third kappa shape index (κ3) is 4.36. The van der Waals surface area contributed by atoms with E-state index in [-0.39, 0.29) is 23.8 Å². The Labute approximate surface area is 180 Å². The Hall–Kier alpha value is -3.46. The molecule has 1 fully saturated rings. The molecular weight excluding hydrogens is 396 g/mol. The van der Waals surface area contributed by atoms with Crippen molar-refractivity contribution in [1.29, 1.82) is 5.41 Å². The van der Waals surface area contributed by atoms with Gasteiger partial charge in [-0.2, -0.15) is 5.10 Å². The molecule has 162 valence electrons. The molecule has 4 rings (SSSR count). The summed E-state index contributed by atoms with van der Waals surface area (Å²) in [5, 5.41) is 28.5. The second kappa shape index (κ2) is 8.73. The fraction of sp³-hybridized carbons (Fsp3) is 0.364. The molecule has 2 aromatic heterocycles. The molecule has 9 heteroatoms. The summed E-state index contributed by atoms with van der Waals surface area (Å²) in [5.74, 6) is 0.262. The minimum atomic E-state index is -0.374. The van der Waals surface area contributed by atoms with Crippen molar-refractivity contribution in [3.05, 3.63) is 59.9 Å². The van der Waals surface area contributed by atoms with Crippen molar-refractivity contribution in [2.24, 2.45) is 5.92 Å². The summed E-state index contributed by atoms with van der Waals surface area (Å²) in [7, 11) is 1.47. The zero-order chi connectivity index (χ0) is 22.0. The number of ether oxygens (including phenoxy) is 1. The van der Waals surface area contributed by atoms with Crippen LogP contribution >= 0.6 is 0 Å². The van der Waals surface area contributed by atoms with Crippen LogP contribution in [0.2, 0.25) is 0 Å². The van der Waals surface area contributed by atoms with Gasteiger partial charge < -0.3 is 25.9 Å². The number of nitrogens with zero attached hydrogens (tertiary/aromatic N) is 3. The standard InChI is InChI=1S/C22H26N6O3/c1-13-8-15(29)4-5-18(13)25-11-14-9-16(20(31-2)10-17(14)23)22(30)27-19-12-26-28-7-3-6-24-21(19)28/h3,6-7,9-13,15,18,23,25,29H,4-5,8H2,1-2H3,(H,27,30)/b14-11-,23-17?/t13?,15?,18-/m0/s1. The Morgan fingerprint density at radius 1 is 1.39 bits per heavy atom. The molecule has 9 nitrogen and oxygen atoms in total. The Bertz CT molecular complexity index is 1100. The van der Waals surface area contributed by atoms with E-state index in [1.54, 1.807) is 41.4 Å². The number of carbonyl (C=O) groups is 1. The third-order valence-corrected chi connectivity index (χ3v) is 5.74. The highest BCUT2D eigenvalue weighted by Gasteiger charge is 2.27. The van der Waals surface area contributed by atoms with Gasteiger partial charge in [-0.25, -0.2) is 9.50 Å². The third-order valence-electron chi connectivity index (χ3n) is 5.74. The highest BCUT2D eigenvalue weighted by molar-refractivity contribution is 6.16. The van der Waals surface area contributed by atoms with Gasteiger partial charge in [-0.3, -0.25) is 4.79 Å². The number of hydrogen-bond acceptors (Lipinski definition) is 7. The summed E-state index contributed by atoms with van der Waals surface area (Å²) in [6.07, 6.45) is 12.0. The summed E-state index contributed by atoms with van der Waals surface area (Å²) in [4.78, 5) is 17.3. The minimum absolute atomic E-state index is 0.215. The lowest BCUT2D eigenvalue weighted by Gasteiger charge is -2.32. The lowest BCUT2D eigenvalue weighted by Crippen LogP contribution is -2.38. The molecule has 0 aromatic carbocycles. The van der Waals surface area contributed by atoms with Crippen LogP contribution in [0.1, 0.15) is 26.2 Å². The van der Waals surface area contributed by atoms with Crippen molar-refractivity contribution in [2.45, 2.75) is 38.3 Å². The number of anilines is 1. The van der Waals surface area contributed by atoms with Crippen LogP contribution in [0, 0.1) is 11.3 Å². The average molecular weight is 422 g/mol. The van der Waals surface area contributed by atoms with Gasteiger partial charge in [0.25, 0.3) is 5.91 Å². The summed E-state index contributed by atoms with van der Waals surface area (Å²) in [6, 6.07) is 1.97. The number of hydrogen-bond donors (Lipinski definition) is 4. The Morgan fingerprint density at radius 3 is 3.00 bits per heavy atom. The highest BCUT2D eigenvalue weighted by atomic mass is 16.5. The number of aromatic nitrogens is 3. The van der Waals surface area contributed by atoms with E-state index < -0.39 is 0 Å². The van der Waals surface area contributed by atoms with E-state index in [1.165, 1.54) is 13.2 Å². The smallest absolute Gasteiger partial charge is 0.259 e. The zero-order valence-electron chi connectivity index (χ0n) is 17.5. The van der Waals surface area contributed by atoms with Crippen LogP contribution in [0.3, 0.4) is 0 Å². The van der Waals surface area contributed by atoms with E-state index in [0.717, 1.165) is 19.3 Å². The maximum absolute atomic E-state index is 13.0. The fourth-order valence-electron chi connectivity index (χ4n) is 3.98. The second-order valence-corrected chi connectivity index (χ2v) is 7.90. The van der Waals surface area contributed by atoms with Crippen molar-refractivity contribution < 1.29 is 14.6 Å². The van der Waals surface area contributed by atoms with E-state index in [4.69, 9.17) is 10.1 Å². The number of amides is 1. The molecule has 0 spiro atoms. The van der Waals surface area contributed by atoms with Gasteiger partial charge in [-0.05, 0) is 37.3 Å². The molecule has 31 heavy (non-hydrogen) atoms. The number of fused-ring (bicyclic) bond motifs is 1. The van der Waals surface area contributed by atoms with E-state index in [9.17, 15) is 9.90 Å². The van der Waals surface area contributed by atoms with Gasteiger partial charge in [0.2, 0.25) is 0 Å². The Balaban J connectivity index is 1.55. The number of aliphatic hydroxyl groups excluding tert-OH is 1. The molecule has 1 saturated carbocycles. The number of nitrogens with one attached hydrogen (secondary N) is 3. The quantitative estimate of drug-likeness (QED) is 0.585. The Morgan fingerprint density at radius 2 is 2.23 bits per heavy atom. The first kappa shape index (κ1) is 20.8.